The lowest BCUT2D eigenvalue weighted by Gasteiger charge is -2.02. The highest BCUT2D eigenvalue weighted by atomic mass is 35.5. The number of aromatic nitrogens is 1. The molecule has 0 amide bonds. The lowest BCUT2D eigenvalue weighted by Crippen LogP contribution is -1.83. The van der Waals surface area contributed by atoms with Crippen molar-refractivity contribution < 1.29 is 0 Å². The van der Waals surface area contributed by atoms with Crippen LogP contribution >= 0.6 is 11.6 Å². The van der Waals surface area contributed by atoms with Crippen molar-refractivity contribution in [2.24, 2.45) is 0 Å². The predicted molar refractivity (Wildman–Crippen MR) is 110 cm³/mol. The van der Waals surface area contributed by atoms with Crippen LogP contribution in [0.4, 0.5) is 0 Å². The SMILES string of the molecule is C=C.C=C(C)/C=C(\C)Cl.C=C(C)c1ccc(-c2ccccn2)cc1. The second-order valence-electron chi connectivity index (χ2n) is 5.15. The van der Waals surface area contributed by atoms with Gasteiger partial charge in [-0.25, -0.2) is 0 Å². The zero-order valence-electron chi connectivity index (χ0n) is 14.8. The maximum absolute atomic E-state index is 5.47. The van der Waals surface area contributed by atoms with Crippen LogP contribution < -0.4 is 0 Å². The summed E-state index contributed by atoms with van der Waals surface area (Å²) >= 11 is 5.47. The van der Waals surface area contributed by atoms with Crippen LogP contribution in [-0.2, 0) is 0 Å². The third kappa shape index (κ3) is 8.92. The van der Waals surface area contributed by atoms with Crippen LogP contribution in [0.25, 0.3) is 16.8 Å². The number of rotatable bonds is 3. The molecule has 0 saturated heterocycles. The van der Waals surface area contributed by atoms with E-state index in [1.807, 2.05) is 51.2 Å². The fraction of sp³-hybridized carbons (Fsp3) is 0.136. The summed E-state index contributed by atoms with van der Waals surface area (Å²) in [5.41, 5.74) is 5.40. The summed E-state index contributed by atoms with van der Waals surface area (Å²) in [4.78, 5) is 4.30. The van der Waals surface area contributed by atoms with Gasteiger partial charge in [0.25, 0.3) is 0 Å². The van der Waals surface area contributed by atoms with E-state index in [2.05, 4.69) is 55.6 Å². The maximum atomic E-state index is 5.47. The van der Waals surface area contributed by atoms with Gasteiger partial charge in [0.05, 0.1) is 5.69 Å². The van der Waals surface area contributed by atoms with Gasteiger partial charge >= 0.3 is 0 Å². The lowest BCUT2D eigenvalue weighted by molar-refractivity contribution is 1.32. The van der Waals surface area contributed by atoms with E-state index in [9.17, 15) is 0 Å². The summed E-state index contributed by atoms with van der Waals surface area (Å²) in [7, 11) is 0. The smallest absolute Gasteiger partial charge is 0.0701 e. The molecule has 0 aliphatic heterocycles. The van der Waals surface area contributed by atoms with E-state index in [1.165, 1.54) is 5.56 Å². The molecule has 0 radical (unpaired) electrons. The molecule has 0 atom stereocenters. The Hall–Kier alpha value is -2.38. The molecule has 0 N–H and O–H groups in total. The molecule has 0 unspecified atom stereocenters. The van der Waals surface area contributed by atoms with Crippen molar-refractivity contribution in [3.05, 3.63) is 97.2 Å². The third-order valence-electron chi connectivity index (χ3n) is 2.78. The molecule has 0 saturated carbocycles. The highest BCUT2D eigenvalue weighted by molar-refractivity contribution is 6.29. The molecule has 0 aliphatic carbocycles. The first-order valence-electron chi connectivity index (χ1n) is 7.57. The summed E-state index contributed by atoms with van der Waals surface area (Å²) in [5.74, 6) is 0. The minimum absolute atomic E-state index is 0.785. The zero-order valence-corrected chi connectivity index (χ0v) is 15.6. The van der Waals surface area contributed by atoms with Crippen molar-refractivity contribution in [3.8, 4) is 11.3 Å². The zero-order chi connectivity index (χ0) is 18.5. The topological polar surface area (TPSA) is 12.9 Å². The number of halogens is 1. The molecule has 24 heavy (non-hydrogen) atoms. The first-order chi connectivity index (χ1) is 11.4. The van der Waals surface area contributed by atoms with Crippen molar-refractivity contribution in [2.45, 2.75) is 20.8 Å². The van der Waals surface area contributed by atoms with Crippen LogP contribution in [0.3, 0.4) is 0 Å². The number of pyridine rings is 1. The van der Waals surface area contributed by atoms with E-state index in [1.54, 1.807) is 0 Å². The molecule has 1 heterocycles. The van der Waals surface area contributed by atoms with Gasteiger partial charge in [-0.3, -0.25) is 4.98 Å². The van der Waals surface area contributed by atoms with E-state index < -0.39 is 0 Å². The number of nitrogens with zero attached hydrogens (tertiary/aromatic N) is 1. The molecular formula is C22H26ClN. The number of benzene rings is 1. The van der Waals surface area contributed by atoms with Gasteiger partial charge in [-0.15, -0.1) is 13.2 Å². The predicted octanol–water partition coefficient (Wildman–Crippen LogP) is 7.29. The van der Waals surface area contributed by atoms with Crippen LogP contribution in [-0.4, -0.2) is 4.98 Å². The minimum Gasteiger partial charge on any atom is -0.256 e. The molecule has 1 nitrogen and oxygen atoms in total. The van der Waals surface area contributed by atoms with E-state index in [0.717, 1.165) is 27.4 Å². The van der Waals surface area contributed by atoms with Gasteiger partial charge < -0.3 is 0 Å². The van der Waals surface area contributed by atoms with E-state index in [4.69, 9.17) is 11.6 Å². The van der Waals surface area contributed by atoms with Gasteiger partial charge in [-0.1, -0.05) is 66.2 Å². The van der Waals surface area contributed by atoms with Crippen molar-refractivity contribution in [1.82, 2.24) is 4.98 Å². The number of hydrogen-bond donors (Lipinski definition) is 0. The Balaban J connectivity index is 0.000000501. The molecular weight excluding hydrogens is 314 g/mol. The average molecular weight is 340 g/mol. The van der Waals surface area contributed by atoms with Crippen molar-refractivity contribution >= 4 is 17.2 Å². The summed E-state index contributed by atoms with van der Waals surface area (Å²) < 4.78 is 0. The van der Waals surface area contributed by atoms with Crippen LogP contribution in [0.15, 0.2) is 91.7 Å². The van der Waals surface area contributed by atoms with Crippen LogP contribution in [0.1, 0.15) is 26.3 Å². The Kier molecular flexibility index (Phi) is 10.9. The quantitative estimate of drug-likeness (QED) is 0.422. The average Bonchev–Trinajstić information content (AvgIpc) is 2.57. The van der Waals surface area contributed by atoms with Crippen LogP contribution in [0.5, 0.6) is 0 Å². The van der Waals surface area contributed by atoms with Gasteiger partial charge in [0, 0.05) is 16.8 Å². The van der Waals surface area contributed by atoms with E-state index in [-0.39, 0.29) is 0 Å². The third-order valence-corrected chi connectivity index (χ3v) is 2.89. The lowest BCUT2D eigenvalue weighted by atomic mass is 10.0. The Bertz CT molecular complexity index is 663. The molecule has 2 aromatic rings. The normalized spacial score (nSPS) is 9.75. The fourth-order valence-corrected chi connectivity index (χ4v) is 1.98. The Morgan fingerprint density at radius 1 is 0.958 bits per heavy atom. The van der Waals surface area contributed by atoms with Crippen molar-refractivity contribution in [2.75, 3.05) is 0 Å². The Labute approximate surface area is 151 Å². The highest BCUT2D eigenvalue weighted by Gasteiger charge is 1.98. The summed E-state index contributed by atoms with van der Waals surface area (Å²) in [6.07, 6.45) is 3.63. The molecule has 0 spiro atoms. The maximum Gasteiger partial charge on any atom is 0.0701 e. The van der Waals surface area contributed by atoms with Crippen molar-refractivity contribution in [3.63, 3.8) is 0 Å². The molecule has 1 aromatic carbocycles. The van der Waals surface area contributed by atoms with E-state index in [0.29, 0.717) is 0 Å². The Morgan fingerprint density at radius 3 is 1.88 bits per heavy atom. The summed E-state index contributed by atoms with van der Waals surface area (Å²) in [5, 5.41) is 0.785. The largest absolute Gasteiger partial charge is 0.256 e. The standard InChI is InChI=1S/C14H13N.C6H9Cl.C2H4/c1-11(2)12-6-8-13(9-7-12)14-5-3-4-10-15-14;1-5(2)4-6(3)7;1-2/h3-10H,1H2,2H3;4H,1H2,2-3H3;1-2H2/b;6-4+;. The van der Waals surface area contributed by atoms with Crippen LogP contribution in [0.2, 0.25) is 0 Å². The van der Waals surface area contributed by atoms with Gasteiger partial charge in [0.15, 0.2) is 0 Å². The fourth-order valence-electron chi connectivity index (χ4n) is 1.80. The molecule has 0 fully saturated rings. The molecule has 1 aromatic heterocycles. The molecule has 0 bridgehead atoms. The molecule has 0 aliphatic rings. The number of hydrogen-bond acceptors (Lipinski definition) is 1. The first kappa shape index (κ1) is 21.6. The summed E-state index contributed by atoms with van der Waals surface area (Å²) in [6.45, 7) is 19.3. The minimum atomic E-state index is 0.785. The molecule has 2 heteroatoms. The van der Waals surface area contributed by atoms with Gasteiger partial charge in [0.1, 0.15) is 0 Å². The Morgan fingerprint density at radius 2 is 1.54 bits per heavy atom. The summed E-state index contributed by atoms with van der Waals surface area (Å²) in [6, 6.07) is 14.2. The molecule has 2 rings (SSSR count). The monoisotopic (exact) mass is 339 g/mol. The van der Waals surface area contributed by atoms with Crippen molar-refractivity contribution in [1.29, 1.82) is 0 Å². The van der Waals surface area contributed by atoms with E-state index >= 15 is 0 Å². The van der Waals surface area contributed by atoms with Gasteiger partial charge in [0.2, 0.25) is 0 Å². The first-order valence-corrected chi connectivity index (χ1v) is 7.94. The van der Waals surface area contributed by atoms with Gasteiger partial charge in [-0.05, 0) is 44.5 Å². The second kappa shape index (κ2) is 12.1. The highest BCUT2D eigenvalue weighted by Crippen LogP contribution is 2.19. The number of allylic oxidation sites excluding steroid dienone is 4. The van der Waals surface area contributed by atoms with Crippen LogP contribution in [0, 0.1) is 0 Å². The second-order valence-corrected chi connectivity index (χ2v) is 5.75. The molecule has 126 valence electrons. The van der Waals surface area contributed by atoms with Gasteiger partial charge in [-0.2, -0.15) is 0 Å².